The highest BCUT2D eigenvalue weighted by Gasteiger charge is 2.40. The molecule has 7 nitrogen and oxygen atoms in total. The van der Waals surface area contributed by atoms with Crippen molar-refractivity contribution >= 4 is 5.91 Å². The minimum absolute atomic E-state index is 0.0944. The molecule has 7 heteroatoms. The van der Waals surface area contributed by atoms with Gasteiger partial charge in [-0.2, -0.15) is 0 Å². The third-order valence-corrected chi connectivity index (χ3v) is 7.99. The maximum absolute atomic E-state index is 13.1. The Kier molecular flexibility index (Phi) is 6.94. The number of hydrogen-bond donors (Lipinski definition) is 1. The van der Waals surface area contributed by atoms with E-state index in [0.29, 0.717) is 11.6 Å². The number of nitrogens with zero attached hydrogens (tertiary/aromatic N) is 5. The van der Waals surface area contributed by atoms with E-state index in [0.717, 1.165) is 62.9 Å². The van der Waals surface area contributed by atoms with Gasteiger partial charge in [-0.3, -0.25) is 14.6 Å². The van der Waals surface area contributed by atoms with Crippen LogP contribution < -0.4 is 5.32 Å². The molecule has 4 heterocycles. The molecular formula is C24H40N6O. The van der Waals surface area contributed by atoms with Crippen molar-refractivity contribution in [2.75, 3.05) is 52.4 Å². The van der Waals surface area contributed by atoms with Gasteiger partial charge in [-0.15, -0.1) is 0 Å². The maximum Gasteiger partial charge on any atom is 0.257 e. The summed E-state index contributed by atoms with van der Waals surface area (Å²) in [6, 6.07) is 0.596. The molecule has 0 bridgehead atoms. The summed E-state index contributed by atoms with van der Waals surface area (Å²) in [4.78, 5) is 29.0. The van der Waals surface area contributed by atoms with Crippen LogP contribution in [0.25, 0.3) is 0 Å². The third kappa shape index (κ3) is 4.94. The molecule has 1 N–H and O–H groups in total. The van der Waals surface area contributed by atoms with Gasteiger partial charge in [-0.05, 0) is 72.4 Å². The van der Waals surface area contributed by atoms with Crippen LogP contribution in [0.2, 0.25) is 0 Å². The highest BCUT2D eigenvalue weighted by molar-refractivity contribution is 5.96. The summed E-state index contributed by atoms with van der Waals surface area (Å²) in [7, 11) is 0. The Labute approximate surface area is 187 Å². The van der Waals surface area contributed by atoms with Crippen molar-refractivity contribution in [3.05, 3.63) is 23.3 Å². The van der Waals surface area contributed by atoms with Crippen molar-refractivity contribution in [3.63, 3.8) is 0 Å². The molecule has 3 aliphatic rings. The molecule has 2 unspecified atom stereocenters. The first kappa shape index (κ1) is 22.6. The summed E-state index contributed by atoms with van der Waals surface area (Å²) in [5, 5.41) is 3.56. The molecule has 1 amide bonds. The first-order chi connectivity index (χ1) is 14.9. The van der Waals surface area contributed by atoms with Gasteiger partial charge >= 0.3 is 0 Å². The Bertz CT molecular complexity index is 749. The number of carbonyl (C=O) groups is 1. The normalized spacial score (nSPS) is 27.9. The average molecular weight is 429 g/mol. The van der Waals surface area contributed by atoms with Crippen LogP contribution in [0.5, 0.6) is 0 Å². The van der Waals surface area contributed by atoms with Crippen molar-refractivity contribution in [3.8, 4) is 0 Å². The largest absolute Gasteiger partial charge is 0.338 e. The number of likely N-dealkylation sites (tertiary alicyclic amines) is 1. The van der Waals surface area contributed by atoms with Crippen LogP contribution in [0.4, 0.5) is 0 Å². The molecule has 0 aliphatic carbocycles. The SMILES string of the molecule is Cc1ncnc(C)c1C(=O)N1CCC(C)(N2CCN(CC3CCCNC3)C(C)C2)CC1. The van der Waals surface area contributed by atoms with Gasteiger partial charge < -0.3 is 10.2 Å². The zero-order valence-corrected chi connectivity index (χ0v) is 19.9. The molecule has 2 atom stereocenters. The Morgan fingerprint density at radius 1 is 1.16 bits per heavy atom. The summed E-state index contributed by atoms with van der Waals surface area (Å²) in [5.74, 6) is 0.901. The molecule has 0 radical (unpaired) electrons. The second-order valence-corrected chi connectivity index (χ2v) is 10.2. The van der Waals surface area contributed by atoms with Crippen molar-refractivity contribution in [2.24, 2.45) is 5.92 Å². The van der Waals surface area contributed by atoms with Gasteiger partial charge in [0.15, 0.2) is 0 Å². The van der Waals surface area contributed by atoms with Gasteiger partial charge in [0, 0.05) is 50.8 Å². The van der Waals surface area contributed by atoms with Crippen LogP contribution in [0.1, 0.15) is 61.3 Å². The minimum Gasteiger partial charge on any atom is -0.338 e. The molecule has 4 rings (SSSR count). The molecule has 1 aromatic heterocycles. The molecule has 0 spiro atoms. The molecule has 172 valence electrons. The number of rotatable bonds is 4. The van der Waals surface area contributed by atoms with Crippen LogP contribution >= 0.6 is 0 Å². The van der Waals surface area contributed by atoms with Crippen LogP contribution in [0, 0.1) is 19.8 Å². The van der Waals surface area contributed by atoms with Crippen molar-refractivity contribution in [2.45, 2.75) is 65.0 Å². The minimum atomic E-state index is 0.0944. The Hall–Kier alpha value is -1.57. The average Bonchev–Trinajstić information content (AvgIpc) is 2.76. The van der Waals surface area contributed by atoms with Gasteiger partial charge in [0.05, 0.1) is 17.0 Å². The number of carbonyl (C=O) groups excluding carboxylic acids is 1. The van der Waals surface area contributed by atoms with E-state index in [1.165, 1.54) is 32.5 Å². The summed E-state index contributed by atoms with van der Waals surface area (Å²) in [6.45, 7) is 17.3. The lowest BCUT2D eigenvalue weighted by Gasteiger charge is -2.52. The van der Waals surface area contributed by atoms with E-state index in [-0.39, 0.29) is 11.4 Å². The molecule has 3 aliphatic heterocycles. The predicted octanol–water partition coefficient (Wildman–Crippen LogP) is 2.09. The topological polar surface area (TPSA) is 64.6 Å². The molecule has 3 fully saturated rings. The molecule has 0 aromatic carbocycles. The van der Waals surface area contributed by atoms with Crippen molar-refractivity contribution in [1.29, 1.82) is 0 Å². The van der Waals surface area contributed by atoms with Gasteiger partial charge in [-0.1, -0.05) is 0 Å². The van der Waals surface area contributed by atoms with Gasteiger partial charge in [-0.25, -0.2) is 9.97 Å². The fraction of sp³-hybridized carbons (Fsp3) is 0.792. The summed E-state index contributed by atoms with van der Waals surface area (Å²) in [5.41, 5.74) is 2.43. The van der Waals surface area contributed by atoms with E-state index in [9.17, 15) is 4.79 Å². The predicted molar refractivity (Wildman–Crippen MR) is 123 cm³/mol. The molecule has 1 aromatic rings. The highest BCUT2D eigenvalue weighted by atomic mass is 16.2. The molecule has 31 heavy (non-hydrogen) atoms. The lowest BCUT2D eigenvalue weighted by atomic mass is 9.86. The van der Waals surface area contributed by atoms with E-state index in [1.54, 1.807) is 6.33 Å². The Balaban J connectivity index is 1.32. The monoisotopic (exact) mass is 428 g/mol. The first-order valence-corrected chi connectivity index (χ1v) is 12.1. The highest BCUT2D eigenvalue weighted by Crippen LogP contribution is 2.32. The van der Waals surface area contributed by atoms with Crippen LogP contribution in [0.15, 0.2) is 6.33 Å². The number of piperazine rings is 1. The van der Waals surface area contributed by atoms with E-state index in [4.69, 9.17) is 0 Å². The lowest BCUT2D eigenvalue weighted by molar-refractivity contribution is -0.0214. The summed E-state index contributed by atoms with van der Waals surface area (Å²) in [6.07, 6.45) is 6.29. The van der Waals surface area contributed by atoms with E-state index in [2.05, 4.69) is 38.9 Å². The fourth-order valence-electron chi connectivity index (χ4n) is 5.74. The lowest BCUT2D eigenvalue weighted by Crippen LogP contribution is -2.62. The number of hydrogen-bond acceptors (Lipinski definition) is 6. The quantitative estimate of drug-likeness (QED) is 0.792. The molecular weight excluding hydrogens is 388 g/mol. The molecule has 0 saturated carbocycles. The van der Waals surface area contributed by atoms with Crippen molar-refractivity contribution in [1.82, 2.24) is 30.0 Å². The van der Waals surface area contributed by atoms with Crippen LogP contribution in [-0.4, -0.2) is 94.5 Å². The van der Waals surface area contributed by atoms with E-state index in [1.807, 2.05) is 18.7 Å². The number of piperidine rings is 2. The number of amides is 1. The van der Waals surface area contributed by atoms with Crippen molar-refractivity contribution < 1.29 is 4.79 Å². The number of aromatic nitrogens is 2. The third-order valence-electron chi connectivity index (χ3n) is 7.99. The van der Waals surface area contributed by atoms with Crippen LogP contribution in [0.3, 0.4) is 0 Å². The second-order valence-electron chi connectivity index (χ2n) is 10.2. The standard InChI is InChI=1S/C24H40N6O/c1-18-15-30(13-12-29(18)16-21-6-5-9-25-14-21)24(4)7-10-28(11-8-24)23(31)22-19(2)26-17-27-20(22)3/h17-18,21,25H,5-16H2,1-4H3. The zero-order valence-electron chi connectivity index (χ0n) is 19.9. The molecule has 3 saturated heterocycles. The number of nitrogens with one attached hydrogen (secondary N) is 1. The zero-order chi connectivity index (χ0) is 22.0. The van der Waals surface area contributed by atoms with Crippen LogP contribution in [-0.2, 0) is 0 Å². The first-order valence-electron chi connectivity index (χ1n) is 12.1. The van der Waals surface area contributed by atoms with Gasteiger partial charge in [0.25, 0.3) is 5.91 Å². The fourth-order valence-corrected chi connectivity index (χ4v) is 5.74. The summed E-state index contributed by atoms with van der Waals surface area (Å²) >= 11 is 0. The van der Waals surface area contributed by atoms with Gasteiger partial charge in [0.2, 0.25) is 0 Å². The Morgan fingerprint density at radius 3 is 2.48 bits per heavy atom. The summed E-state index contributed by atoms with van der Waals surface area (Å²) < 4.78 is 0. The second kappa shape index (κ2) is 9.51. The van der Waals surface area contributed by atoms with Gasteiger partial charge in [0.1, 0.15) is 6.33 Å². The van der Waals surface area contributed by atoms with E-state index < -0.39 is 0 Å². The Morgan fingerprint density at radius 2 is 1.87 bits per heavy atom. The smallest absolute Gasteiger partial charge is 0.257 e. The van der Waals surface area contributed by atoms with E-state index >= 15 is 0 Å². The maximum atomic E-state index is 13.1. The number of aryl methyl sites for hydroxylation is 2.